The van der Waals surface area contributed by atoms with E-state index in [1.54, 1.807) is 24.7 Å². The van der Waals surface area contributed by atoms with Gasteiger partial charge in [0.1, 0.15) is 17.1 Å². The summed E-state index contributed by atoms with van der Waals surface area (Å²) in [5, 5.41) is 16.1. The summed E-state index contributed by atoms with van der Waals surface area (Å²) in [4.78, 5) is 13.7. The van der Waals surface area contributed by atoms with Crippen molar-refractivity contribution in [1.29, 1.82) is 0 Å². The zero-order valence-corrected chi connectivity index (χ0v) is 19.0. The highest BCUT2D eigenvalue weighted by Crippen LogP contribution is 2.28. The Kier molecular flexibility index (Phi) is 5.26. The molecule has 2 heterocycles. The SMILES string of the molecule is CC(C)(Oc1ccc(C(C)(C)C)cc1)C(=O)Nc1cccc(-c2nn3cnnc3s2)c1. The van der Waals surface area contributed by atoms with Crippen molar-refractivity contribution in [2.45, 2.75) is 45.6 Å². The van der Waals surface area contributed by atoms with Gasteiger partial charge in [-0.15, -0.1) is 10.2 Å². The number of aromatic nitrogens is 4. The highest BCUT2D eigenvalue weighted by atomic mass is 32.1. The molecule has 0 bridgehead atoms. The maximum atomic E-state index is 12.9. The quantitative estimate of drug-likeness (QED) is 0.480. The van der Waals surface area contributed by atoms with Gasteiger partial charge in [-0.25, -0.2) is 0 Å². The van der Waals surface area contributed by atoms with E-state index in [2.05, 4.69) is 41.4 Å². The fourth-order valence-electron chi connectivity index (χ4n) is 3.05. The van der Waals surface area contributed by atoms with Gasteiger partial charge < -0.3 is 10.1 Å². The third kappa shape index (κ3) is 4.59. The van der Waals surface area contributed by atoms with Crippen molar-refractivity contribution in [2.24, 2.45) is 0 Å². The van der Waals surface area contributed by atoms with Crippen LogP contribution in [0.15, 0.2) is 54.9 Å². The summed E-state index contributed by atoms with van der Waals surface area (Å²) in [5.41, 5.74) is 1.79. The van der Waals surface area contributed by atoms with Crippen LogP contribution in [0.1, 0.15) is 40.2 Å². The Balaban J connectivity index is 1.47. The van der Waals surface area contributed by atoms with E-state index in [0.29, 0.717) is 11.4 Å². The fraction of sp³-hybridized carbons (Fsp3) is 0.304. The second kappa shape index (κ2) is 7.77. The Labute approximate surface area is 185 Å². The van der Waals surface area contributed by atoms with E-state index in [-0.39, 0.29) is 11.3 Å². The minimum atomic E-state index is -1.05. The molecule has 31 heavy (non-hydrogen) atoms. The number of ether oxygens (including phenoxy) is 1. The predicted molar refractivity (Wildman–Crippen MR) is 123 cm³/mol. The van der Waals surface area contributed by atoms with Crippen molar-refractivity contribution in [3.63, 3.8) is 0 Å². The number of fused-ring (bicyclic) bond motifs is 1. The third-order valence-corrected chi connectivity index (χ3v) is 5.86. The molecule has 4 aromatic rings. The number of carbonyl (C=O) groups is 1. The van der Waals surface area contributed by atoms with Crippen LogP contribution < -0.4 is 10.1 Å². The Bertz CT molecular complexity index is 1190. The van der Waals surface area contributed by atoms with Crippen LogP contribution in [-0.4, -0.2) is 31.3 Å². The molecule has 0 saturated carbocycles. The molecule has 0 aliphatic carbocycles. The number of amides is 1. The predicted octanol–water partition coefficient (Wildman–Crippen LogP) is 4.95. The summed E-state index contributed by atoms with van der Waals surface area (Å²) in [7, 11) is 0. The molecule has 2 aromatic heterocycles. The number of nitrogens with zero attached hydrogens (tertiary/aromatic N) is 4. The first-order valence-corrected chi connectivity index (χ1v) is 10.8. The number of carbonyl (C=O) groups excluding carboxylic acids is 1. The fourth-order valence-corrected chi connectivity index (χ4v) is 3.87. The van der Waals surface area contributed by atoms with Crippen LogP contribution in [0.5, 0.6) is 5.75 Å². The van der Waals surface area contributed by atoms with E-state index in [1.165, 1.54) is 16.9 Å². The summed E-state index contributed by atoms with van der Waals surface area (Å²) in [6.45, 7) is 10.00. The number of anilines is 1. The number of nitrogens with one attached hydrogen (secondary N) is 1. The van der Waals surface area contributed by atoms with E-state index in [0.717, 1.165) is 15.5 Å². The van der Waals surface area contributed by atoms with Gasteiger partial charge in [0.2, 0.25) is 4.96 Å². The molecule has 0 radical (unpaired) electrons. The molecule has 4 rings (SSSR count). The molecule has 8 heteroatoms. The van der Waals surface area contributed by atoms with Crippen molar-refractivity contribution in [3.05, 3.63) is 60.4 Å². The molecule has 0 aliphatic heterocycles. The number of hydrogen-bond acceptors (Lipinski definition) is 6. The largest absolute Gasteiger partial charge is 0.478 e. The lowest BCUT2D eigenvalue weighted by Gasteiger charge is -2.26. The van der Waals surface area contributed by atoms with Crippen molar-refractivity contribution < 1.29 is 9.53 Å². The van der Waals surface area contributed by atoms with Crippen molar-refractivity contribution in [2.75, 3.05) is 5.32 Å². The lowest BCUT2D eigenvalue weighted by atomic mass is 9.87. The molecule has 0 fully saturated rings. The van der Waals surface area contributed by atoms with Gasteiger partial charge in [-0.05, 0) is 49.1 Å². The summed E-state index contributed by atoms with van der Waals surface area (Å²) < 4.78 is 7.64. The summed E-state index contributed by atoms with van der Waals surface area (Å²) in [6, 6.07) is 15.4. The molecule has 0 aliphatic rings. The van der Waals surface area contributed by atoms with Crippen LogP contribution in [-0.2, 0) is 10.2 Å². The van der Waals surface area contributed by atoms with E-state index in [9.17, 15) is 4.79 Å². The van der Waals surface area contributed by atoms with Crippen LogP contribution in [0, 0.1) is 0 Å². The molecular formula is C23H25N5O2S. The first kappa shape index (κ1) is 21.0. The molecule has 0 unspecified atom stereocenters. The lowest BCUT2D eigenvalue weighted by molar-refractivity contribution is -0.128. The maximum Gasteiger partial charge on any atom is 0.267 e. The molecule has 0 spiro atoms. The van der Waals surface area contributed by atoms with Crippen LogP contribution in [0.3, 0.4) is 0 Å². The average molecular weight is 436 g/mol. The molecular weight excluding hydrogens is 410 g/mol. The van der Waals surface area contributed by atoms with Gasteiger partial charge in [0.25, 0.3) is 5.91 Å². The normalized spacial score (nSPS) is 12.2. The van der Waals surface area contributed by atoms with E-state index < -0.39 is 5.60 Å². The number of rotatable bonds is 5. The van der Waals surface area contributed by atoms with Gasteiger partial charge in [0.15, 0.2) is 5.60 Å². The average Bonchev–Trinajstić information content (AvgIpc) is 3.30. The standard InChI is InChI=1S/C23H25N5O2S/c1-22(2,3)16-9-11-18(12-10-16)30-23(4,5)20(29)25-17-8-6-7-15(13-17)19-27-28-14-24-26-21(28)31-19/h6-14H,1-5H3,(H,25,29). The van der Waals surface area contributed by atoms with Gasteiger partial charge >= 0.3 is 0 Å². The highest BCUT2D eigenvalue weighted by Gasteiger charge is 2.30. The minimum absolute atomic E-state index is 0.0629. The first-order chi connectivity index (χ1) is 14.6. The maximum absolute atomic E-state index is 12.9. The molecule has 160 valence electrons. The zero-order valence-electron chi connectivity index (χ0n) is 18.2. The van der Waals surface area contributed by atoms with Gasteiger partial charge in [0.05, 0.1) is 0 Å². The molecule has 1 amide bonds. The topological polar surface area (TPSA) is 81.4 Å². The summed E-state index contributed by atoms with van der Waals surface area (Å²) in [5.74, 6) is 0.421. The second-order valence-corrected chi connectivity index (χ2v) is 9.84. The van der Waals surface area contributed by atoms with Crippen molar-refractivity contribution in [1.82, 2.24) is 19.8 Å². The second-order valence-electron chi connectivity index (χ2n) is 8.89. The molecule has 7 nitrogen and oxygen atoms in total. The van der Waals surface area contributed by atoms with E-state index >= 15 is 0 Å². The Morgan fingerprint density at radius 2 is 1.81 bits per heavy atom. The molecule has 1 N–H and O–H groups in total. The molecule has 0 atom stereocenters. The minimum Gasteiger partial charge on any atom is -0.478 e. The lowest BCUT2D eigenvalue weighted by Crippen LogP contribution is -2.42. The zero-order chi connectivity index (χ0) is 22.2. The summed E-state index contributed by atoms with van der Waals surface area (Å²) >= 11 is 1.44. The Morgan fingerprint density at radius 3 is 2.48 bits per heavy atom. The van der Waals surface area contributed by atoms with Crippen LogP contribution in [0.4, 0.5) is 5.69 Å². The van der Waals surface area contributed by atoms with Crippen LogP contribution >= 0.6 is 11.3 Å². The number of hydrogen-bond donors (Lipinski definition) is 1. The van der Waals surface area contributed by atoms with Gasteiger partial charge in [0, 0.05) is 11.3 Å². The van der Waals surface area contributed by atoms with Crippen molar-refractivity contribution >= 4 is 27.9 Å². The first-order valence-electron chi connectivity index (χ1n) is 10.0. The van der Waals surface area contributed by atoms with E-state index in [1.807, 2.05) is 48.5 Å². The summed E-state index contributed by atoms with van der Waals surface area (Å²) in [6.07, 6.45) is 1.56. The van der Waals surface area contributed by atoms with Gasteiger partial charge in [-0.3, -0.25) is 4.79 Å². The van der Waals surface area contributed by atoms with Crippen LogP contribution in [0.2, 0.25) is 0 Å². The van der Waals surface area contributed by atoms with Gasteiger partial charge in [-0.2, -0.15) is 9.61 Å². The Hall–Kier alpha value is -3.26. The smallest absolute Gasteiger partial charge is 0.267 e. The van der Waals surface area contributed by atoms with Crippen LogP contribution in [0.25, 0.3) is 15.5 Å². The molecule has 0 saturated heterocycles. The molecule has 2 aromatic carbocycles. The third-order valence-electron chi connectivity index (χ3n) is 4.89. The Morgan fingerprint density at radius 1 is 1.06 bits per heavy atom. The number of benzene rings is 2. The monoisotopic (exact) mass is 435 g/mol. The van der Waals surface area contributed by atoms with Gasteiger partial charge in [-0.1, -0.05) is 56.4 Å². The highest BCUT2D eigenvalue weighted by molar-refractivity contribution is 7.19. The van der Waals surface area contributed by atoms with Crippen molar-refractivity contribution in [3.8, 4) is 16.3 Å². The van der Waals surface area contributed by atoms with E-state index in [4.69, 9.17) is 4.74 Å².